The molecule has 0 aromatic heterocycles. The zero-order valence-corrected chi connectivity index (χ0v) is 12.5. The van der Waals surface area contributed by atoms with Crippen LogP contribution in [-0.2, 0) is 6.54 Å². The van der Waals surface area contributed by atoms with Gasteiger partial charge in [0.05, 0.1) is 6.61 Å². The second-order valence-corrected chi connectivity index (χ2v) is 6.12. The van der Waals surface area contributed by atoms with E-state index in [1.54, 1.807) is 0 Å². The van der Waals surface area contributed by atoms with E-state index in [-0.39, 0.29) is 12.4 Å². The minimum Gasteiger partial charge on any atom is -0.395 e. The van der Waals surface area contributed by atoms with Gasteiger partial charge in [-0.05, 0) is 24.6 Å². The summed E-state index contributed by atoms with van der Waals surface area (Å²) in [7, 11) is 0. The molecule has 0 saturated carbocycles. The largest absolute Gasteiger partial charge is 0.395 e. The molecule has 0 radical (unpaired) electrons. The number of aliphatic hydroxyl groups is 1. The Labute approximate surface area is 124 Å². The van der Waals surface area contributed by atoms with E-state index in [9.17, 15) is 4.39 Å². The Morgan fingerprint density at radius 1 is 1.50 bits per heavy atom. The van der Waals surface area contributed by atoms with Gasteiger partial charge in [-0.15, -0.1) is 0 Å². The van der Waals surface area contributed by atoms with Crippen LogP contribution in [0.3, 0.4) is 0 Å². The number of rotatable bonds is 3. The van der Waals surface area contributed by atoms with Crippen molar-refractivity contribution >= 4 is 11.8 Å². The Morgan fingerprint density at radius 3 is 3.10 bits per heavy atom. The lowest BCUT2D eigenvalue weighted by atomic mass is 10.1. The second-order valence-electron chi connectivity index (χ2n) is 4.97. The number of halogens is 1. The number of benzene rings is 1. The van der Waals surface area contributed by atoms with Gasteiger partial charge in [-0.1, -0.05) is 17.9 Å². The molecular weight excluding hydrogens is 273 g/mol. The van der Waals surface area contributed by atoms with E-state index in [0.717, 1.165) is 35.7 Å². The fourth-order valence-corrected chi connectivity index (χ4v) is 3.31. The zero-order chi connectivity index (χ0) is 14.4. The number of hydrogen-bond donors (Lipinski definition) is 1. The smallest absolute Gasteiger partial charge is 0.124 e. The molecule has 1 saturated heterocycles. The fraction of sp³-hybridized carbons (Fsp3) is 0.500. The maximum atomic E-state index is 13.4. The Kier molecular flexibility index (Phi) is 5.90. The highest BCUT2D eigenvalue weighted by Crippen LogP contribution is 2.20. The van der Waals surface area contributed by atoms with E-state index < -0.39 is 0 Å². The number of aliphatic hydroxyl groups excluding tert-OH is 1. The van der Waals surface area contributed by atoms with E-state index in [4.69, 9.17) is 5.11 Å². The van der Waals surface area contributed by atoms with Crippen LogP contribution in [0.1, 0.15) is 24.5 Å². The molecule has 1 fully saturated rings. The Morgan fingerprint density at radius 2 is 2.35 bits per heavy atom. The molecule has 0 spiro atoms. The van der Waals surface area contributed by atoms with Crippen LogP contribution < -0.4 is 0 Å². The van der Waals surface area contributed by atoms with Gasteiger partial charge < -0.3 is 5.11 Å². The van der Waals surface area contributed by atoms with Crippen LogP contribution in [0.2, 0.25) is 0 Å². The summed E-state index contributed by atoms with van der Waals surface area (Å²) in [5.41, 5.74) is 1.81. The van der Waals surface area contributed by atoms with Crippen molar-refractivity contribution in [1.29, 1.82) is 0 Å². The number of nitrogens with zero attached hydrogens (tertiary/aromatic N) is 1. The van der Waals surface area contributed by atoms with Crippen molar-refractivity contribution in [3.63, 3.8) is 0 Å². The Hall–Kier alpha value is -1.02. The molecule has 4 heteroatoms. The summed E-state index contributed by atoms with van der Waals surface area (Å²) in [5, 5.41) is 8.78. The van der Waals surface area contributed by atoms with Crippen molar-refractivity contribution in [2.24, 2.45) is 0 Å². The lowest BCUT2D eigenvalue weighted by molar-refractivity contribution is 0.223. The molecule has 1 unspecified atom stereocenters. The summed E-state index contributed by atoms with van der Waals surface area (Å²) < 4.78 is 13.4. The first-order chi connectivity index (χ1) is 9.70. The van der Waals surface area contributed by atoms with Crippen LogP contribution in [0.15, 0.2) is 18.2 Å². The summed E-state index contributed by atoms with van der Waals surface area (Å²) in [5.74, 6) is 7.89. The van der Waals surface area contributed by atoms with E-state index in [1.165, 1.54) is 12.1 Å². The average Bonchev–Trinajstić information content (AvgIpc) is 2.44. The Bertz CT molecular complexity index is 509. The third-order valence-electron chi connectivity index (χ3n) is 3.41. The summed E-state index contributed by atoms with van der Waals surface area (Å²) in [6, 6.07) is 5.35. The number of thioether (sulfide) groups is 1. The van der Waals surface area contributed by atoms with Crippen LogP contribution in [0.25, 0.3) is 0 Å². The molecule has 1 N–H and O–H groups in total. The van der Waals surface area contributed by atoms with E-state index >= 15 is 0 Å². The monoisotopic (exact) mass is 293 g/mol. The van der Waals surface area contributed by atoms with Gasteiger partial charge in [0.25, 0.3) is 0 Å². The normalized spacial score (nSPS) is 19.4. The third-order valence-corrected chi connectivity index (χ3v) is 4.60. The standard InChI is InChI=1S/C16H20FNOS/c1-13-12-20-9-7-18(13)11-15-5-6-16(17)10-14(15)4-2-3-8-19/h5-6,10,13,19H,3,7-9,11-12H2,1H3. The van der Waals surface area contributed by atoms with Crippen LogP contribution in [0.4, 0.5) is 4.39 Å². The van der Waals surface area contributed by atoms with E-state index in [2.05, 4.69) is 23.7 Å². The highest BCUT2D eigenvalue weighted by molar-refractivity contribution is 7.99. The SMILES string of the molecule is CC1CSCCN1Cc1ccc(F)cc1C#CCCO. The molecule has 1 heterocycles. The van der Waals surface area contributed by atoms with Gasteiger partial charge in [-0.2, -0.15) is 11.8 Å². The maximum Gasteiger partial charge on any atom is 0.124 e. The average molecular weight is 293 g/mol. The third kappa shape index (κ3) is 4.24. The molecule has 2 nitrogen and oxygen atoms in total. The zero-order valence-electron chi connectivity index (χ0n) is 11.7. The van der Waals surface area contributed by atoms with Crippen molar-refractivity contribution in [2.75, 3.05) is 24.7 Å². The van der Waals surface area contributed by atoms with Gasteiger partial charge in [-0.3, -0.25) is 4.90 Å². The van der Waals surface area contributed by atoms with Crippen molar-refractivity contribution in [3.8, 4) is 11.8 Å². The maximum absolute atomic E-state index is 13.4. The molecule has 20 heavy (non-hydrogen) atoms. The van der Waals surface area contributed by atoms with Crippen molar-refractivity contribution in [3.05, 3.63) is 35.1 Å². The lowest BCUT2D eigenvalue weighted by Gasteiger charge is -2.33. The predicted octanol–water partition coefficient (Wildman–Crippen LogP) is 2.50. The van der Waals surface area contributed by atoms with Crippen LogP contribution >= 0.6 is 11.8 Å². The van der Waals surface area contributed by atoms with E-state index in [0.29, 0.717) is 12.5 Å². The van der Waals surface area contributed by atoms with Gasteiger partial charge in [-0.25, -0.2) is 4.39 Å². The first kappa shape index (κ1) is 15.4. The lowest BCUT2D eigenvalue weighted by Crippen LogP contribution is -2.39. The first-order valence-corrected chi connectivity index (χ1v) is 8.06. The molecule has 0 amide bonds. The molecule has 2 rings (SSSR count). The predicted molar refractivity (Wildman–Crippen MR) is 82.2 cm³/mol. The van der Waals surface area contributed by atoms with Crippen LogP contribution in [0, 0.1) is 17.7 Å². The van der Waals surface area contributed by atoms with E-state index in [1.807, 2.05) is 17.8 Å². The molecule has 108 valence electrons. The topological polar surface area (TPSA) is 23.5 Å². The first-order valence-electron chi connectivity index (χ1n) is 6.90. The summed E-state index contributed by atoms with van der Waals surface area (Å²) in [4.78, 5) is 2.42. The van der Waals surface area contributed by atoms with Gasteiger partial charge in [0, 0.05) is 42.6 Å². The van der Waals surface area contributed by atoms with Gasteiger partial charge in [0.1, 0.15) is 5.82 Å². The molecule has 1 aliphatic rings. The summed E-state index contributed by atoms with van der Waals surface area (Å²) >= 11 is 1.98. The van der Waals surface area contributed by atoms with Crippen LogP contribution in [0.5, 0.6) is 0 Å². The van der Waals surface area contributed by atoms with Crippen molar-refractivity contribution < 1.29 is 9.50 Å². The van der Waals surface area contributed by atoms with Crippen LogP contribution in [-0.4, -0.2) is 40.7 Å². The van der Waals surface area contributed by atoms with Gasteiger partial charge >= 0.3 is 0 Å². The van der Waals surface area contributed by atoms with Crippen molar-refractivity contribution in [2.45, 2.75) is 25.9 Å². The molecule has 1 aromatic carbocycles. The second kappa shape index (κ2) is 7.68. The van der Waals surface area contributed by atoms with Gasteiger partial charge in [0.2, 0.25) is 0 Å². The molecule has 1 atom stereocenters. The minimum atomic E-state index is -0.260. The highest BCUT2D eigenvalue weighted by atomic mass is 32.2. The van der Waals surface area contributed by atoms with Gasteiger partial charge in [0.15, 0.2) is 0 Å². The Balaban J connectivity index is 2.16. The summed E-state index contributed by atoms with van der Waals surface area (Å²) in [6.45, 7) is 4.14. The molecule has 0 aliphatic carbocycles. The molecule has 1 aromatic rings. The fourth-order valence-electron chi connectivity index (χ4n) is 2.23. The summed E-state index contributed by atoms with van der Waals surface area (Å²) in [6.07, 6.45) is 0.423. The number of hydrogen-bond acceptors (Lipinski definition) is 3. The molecule has 0 bridgehead atoms. The molecule has 1 aliphatic heterocycles. The highest BCUT2D eigenvalue weighted by Gasteiger charge is 2.19. The minimum absolute atomic E-state index is 0.0397. The van der Waals surface area contributed by atoms with Crippen molar-refractivity contribution in [1.82, 2.24) is 4.90 Å². The quantitative estimate of drug-likeness (QED) is 0.866. The molecular formula is C16H20FNOS.